The molecule has 0 atom stereocenters. The lowest BCUT2D eigenvalue weighted by Gasteiger charge is -2.01. The van der Waals surface area contributed by atoms with Crippen molar-refractivity contribution in [2.45, 2.75) is 13.3 Å². The molecule has 0 fully saturated rings. The van der Waals surface area contributed by atoms with Crippen LogP contribution in [0.2, 0.25) is 0 Å². The van der Waals surface area contributed by atoms with Crippen molar-refractivity contribution in [1.82, 2.24) is 4.98 Å². The third-order valence-corrected chi connectivity index (χ3v) is 1.56. The van der Waals surface area contributed by atoms with E-state index in [0.717, 1.165) is 5.56 Å². The Morgan fingerprint density at radius 3 is 2.83 bits per heavy atom. The molecule has 1 heterocycles. The smallest absolute Gasteiger partial charge is 0.223 e. The van der Waals surface area contributed by atoms with Crippen LogP contribution in [-0.4, -0.2) is 10.9 Å². The van der Waals surface area contributed by atoms with E-state index in [1.165, 1.54) is 6.20 Å². The van der Waals surface area contributed by atoms with Crippen LogP contribution in [-0.2, 0) is 11.2 Å². The Morgan fingerprint density at radius 1 is 1.67 bits per heavy atom. The number of aryl methyl sites for hydroxylation is 1. The second kappa shape index (κ2) is 3.21. The molecular weight excluding hydrogens is 154 g/mol. The van der Waals surface area contributed by atoms with Gasteiger partial charge in [0.15, 0.2) is 0 Å². The molecule has 0 radical (unpaired) electrons. The van der Waals surface area contributed by atoms with Gasteiger partial charge >= 0.3 is 0 Å². The van der Waals surface area contributed by atoms with E-state index in [0.29, 0.717) is 11.4 Å². The molecule has 0 aliphatic carbocycles. The van der Waals surface area contributed by atoms with Gasteiger partial charge in [-0.3, -0.25) is 9.78 Å². The molecule has 4 nitrogen and oxygen atoms in total. The van der Waals surface area contributed by atoms with Crippen molar-refractivity contribution in [2.24, 2.45) is 5.73 Å². The van der Waals surface area contributed by atoms with Crippen molar-refractivity contribution in [2.75, 3.05) is 5.73 Å². The van der Waals surface area contributed by atoms with Crippen molar-refractivity contribution >= 4 is 11.6 Å². The van der Waals surface area contributed by atoms with E-state index in [1.54, 1.807) is 6.07 Å². The Kier molecular flexibility index (Phi) is 2.28. The Bertz CT molecular complexity index is 309. The van der Waals surface area contributed by atoms with Gasteiger partial charge in [-0.05, 0) is 18.6 Å². The number of nitrogen functional groups attached to an aromatic ring is 1. The van der Waals surface area contributed by atoms with Gasteiger partial charge in [-0.1, -0.05) is 0 Å². The fourth-order valence-corrected chi connectivity index (χ4v) is 0.900. The van der Waals surface area contributed by atoms with Crippen LogP contribution >= 0.6 is 0 Å². The zero-order valence-corrected chi connectivity index (χ0v) is 6.87. The van der Waals surface area contributed by atoms with E-state index in [1.807, 2.05) is 6.92 Å². The molecule has 0 aliphatic heterocycles. The van der Waals surface area contributed by atoms with Crippen LogP contribution in [0.5, 0.6) is 0 Å². The van der Waals surface area contributed by atoms with Gasteiger partial charge in [0.2, 0.25) is 5.91 Å². The highest BCUT2D eigenvalue weighted by molar-refractivity contribution is 5.76. The van der Waals surface area contributed by atoms with Gasteiger partial charge in [-0.2, -0.15) is 0 Å². The second-order valence-electron chi connectivity index (χ2n) is 2.68. The summed E-state index contributed by atoms with van der Waals surface area (Å²) in [5.41, 5.74) is 12.8. The molecule has 4 N–H and O–H groups in total. The Morgan fingerprint density at radius 2 is 2.33 bits per heavy atom. The minimum absolute atomic E-state index is 0.168. The molecular formula is C8H11N3O. The highest BCUT2D eigenvalue weighted by Gasteiger charge is 2.01. The maximum absolute atomic E-state index is 10.5. The van der Waals surface area contributed by atoms with E-state index in [2.05, 4.69) is 4.98 Å². The van der Waals surface area contributed by atoms with Crippen LogP contribution in [0.25, 0.3) is 0 Å². The number of hydrogen-bond donors (Lipinski definition) is 2. The number of nitrogens with zero attached hydrogens (tertiary/aromatic N) is 1. The topological polar surface area (TPSA) is 82.0 Å². The van der Waals surface area contributed by atoms with Crippen molar-refractivity contribution < 1.29 is 4.79 Å². The van der Waals surface area contributed by atoms with E-state index in [9.17, 15) is 4.79 Å². The predicted molar refractivity (Wildman–Crippen MR) is 46.3 cm³/mol. The third kappa shape index (κ3) is 1.95. The Balaban J connectivity index is 2.89. The highest BCUT2D eigenvalue weighted by atomic mass is 16.1. The predicted octanol–water partition coefficient (Wildman–Crippen LogP) is 0.0000200. The van der Waals surface area contributed by atoms with Crippen LogP contribution in [0.15, 0.2) is 12.3 Å². The molecule has 0 unspecified atom stereocenters. The zero-order chi connectivity index (χ0) is 9.14. The largest absolute Gasteiger partial charge is 0.397 e. The van der Waals surface area contributed by atoms with E-state index < -0.39 is 0 Å². The van der Waals surface area contributed by atoms with Crippen molar-refractivity contribution in [1.29, 1.82) is 0 Å². The molecule has 0 aromatic carbocycles. The number of amides is 1. The SMILES string of the molecule is Cc1cc(CC(N)=O)ncc1N. The van der Waals surface area contributed by atoms with Gasteiger partial charge in [-0.25, -0.2) is 0 Å². The number of pyridine rings is 1. The number of carbonyl (C=O) groups excluding carboxylic acids is 1. The van der Waals surface area contributed by atoms with Gasteiger partial charge in [0, 0.05) is 0 Å². The quantitative estimate of drug-likeness (QED) is 0.647. The number of rotatable bonds is 2. The van der Waals surface area contributed by atoms with Gasteiger partial charge in [0.1, 0.15) is 0 Å². The second-order valence-corrected chi connectivity index (χ2v) is 2.68. The van der Waals surface area contributed by atoms with Crippen LogP contribution in [0.1, 0.15) is 11.3 Å². The molecule has 12 heavy (non-hydrogen) atoms. The molecule has 1 aromatic rings. The monoisotopic (exact) mass is 165 g/mol. The zero-order valence-electron chi connectivity index (χ0n) is 6.87. The molecule has 1 aromatic heterocycles. The minimum Gasteiger partial charge on any atom is -0.397 e. The lowest BCUT2D eigenvalue weighted by atomic mass is 10.2. The van der Waals surface area contributed by atoms with Gasteiger partial charge < -0.3 is 11.5 Å². The maximum atomic E-state index is 10.5. The summed E-state index contributed by atoms with van der Waals surface area (Å²) in [6.45, 7) is 1.86. The first kappa shape index (κ1) is 8.52. The number of nitrogens with two attached hydrogens (primary N) is 2. The molecule has 0 bridgehead atoms. The summed E-state index contributed by atoms with van der Waals surface area (Å²) in [4.78, 5) is 14.5. The van der Waals surface area contributed by atoms with E-state index >= 15 is 0 Å². The maximum Gasteiger partial charge on any atom is 0.223 e. The third-order valence-electron chi connectivity index (χ3n) is 1.56. The number of aromatic nitrogens is 1. The average Bonchev–Trinajstić information content (AvgIpc) is 1.96. The number of hydrogen-bond acceptors (Lipinski definition) is 3. The summed E-state index contributed by atoms with van der Waals surface area (Å²) in [7, 11) is 0. The fourth-order valence-electron chi connectivity index (χ4n) is 0.900. The first-order valence-electron chi connectivity index (χ1n) is 3.59. The summed E-state index contributed by atoms with van der Waals surface area (Å²) in [6.07, 6.45) is 1.70. The number of primary amides is 1. The van der Waals surface area contributed by atoms with Crippen LogP contribution in [0.3, 0.4) is 0 Å². The lowest BCUT2D eigenvalue weighted by molar-refractivity contribution is -0.117. The van der Waals surface area contributed by atoms with Crippen molar-refractivity contribution in [3.63, 3.8) is 0 Å². The van der Waals surface area contributed by atoms with Crippen molar-refractivity contribution in [3.8, 4) is 0 Å². The lowest BCUT2D eigenvalue weighted by Crippen LogP contribution is -2.14. The molecule has 4 heteroatoms. The van der Waals surface area contributed by atoms with Crippen LogP contribution in [0, 0.1) is 6.92 Å². The summed E-state index contributed by atoms with van der Waals surface area (Å²) in [5, 5.41) is 0. The normalized spacial score (nSPS) is 9.75. The van der Waals surface area contributed by atoms with Crippen LogP contribution in [0.4, 0.5) is 5.69 Å². The number of carbonyl (C=O) groups is 1. The molecule has 1 amide bonds. The number of anilines is 1. The molecule has 0 aliphatic rings. The minimum atomic E-state index is -0.383. The van der Waals surface area contributed by atoms with Crippen LogP contribution < -0.4 is 11.5 Å². The summed E-state index contributed by atoms with van der Waals surface area (Å²) in [5.74, 6) is -0.383. The summed E-state index contributed by atoms with van der Waals surface area (Å²) >= 11 is 0. The standard InChI is InChI=1S/C8H11N3O/c1-5-2-6(3-8(10)12)11-4-7(5)9/h2,4H,3,9H2,1H3,(H2,10,12). The van der Waals surface area contributed by atoms with Gasteiger partial charge in [0.05, 0.1) is 24.0 Å². The molecule has 64 valence electrons. The first-order chi connectivity index (χ1) is 5.59. The van der Waals surface area contributed by atoms with E-state index in [-0.39, 0.29) is 12.3 Å². The average molecular weight is 165 g/mol. The first-order valence-corrected chi connectivity index (χ1v) is 3.59. The summed E-state index contributed by atoms with van der Waals surface area (Å²) < 4.78 is 0. The van der Waals surface area contributed by atoms with Gasteiger partial charge in [0.25, 0.3) is 0 Å². The van der Waals surface area contributed by atoms with E-state index in [4.69, 9.17) is 11.5 Å². The van der Waals surface area contributed by atoms with Gasteiger partial charge in [-0.15, -0.1) is 0 Å². The molecule has 1 rings (SSSR count). The molecule has 0 saturated carbocycles. The fraction of sp³-hybridized carbons (Fsp3) is 0.250. The Hall–Kier alpha value is -1.58. The van der Waals surface area contributed by atoms with Crippen molar-refractivity contribution in [3.05, 3.63) is 23.5 Å². The summed E-state index contributed by atoms with van der Waals surface area (Å²) in [6, 6.07) is 1.76. The Labute approximate surface area is 70.6 Å². The molecule has 0 spiro atoms. The highest BCUT2D eigenvalue weighted by Crippen LogP contribution is 2.09. The molecule has 0 saturated heterocycles.